The third-order valence-electron chi connectivity index (χ3n) is 8.71. The number of Topliss-reactive ketones (excluding diaryl/α,β-unsaturated/α-hetero) is 2. The number of nitrogens with zero attached hydrogens (tertiary/aromatic N) is 1. The van der Waals surface area contributed by atoms with Gasteiger partial charge >= 0.3 is 0 Å². The standard InChI is InChI=1S/C32H43NO4/c1-7-37-27-15-20(13-14-26(27)36-6)28-29-22(16-31(2,3)18-24(29)34)33(21-11-9-8-10-12-21)23-17-32(4,5)19-25(35)30(23)28/h13-15,21,28H,7-12,16-19H2,1-6H3. The van der Waals surface area contributed by atoms with E-state index in [-0.39, 0.29) is 28.3 Å². The highest BCUT2D eigenvalue weighted by Crippen LogP contribution is 2.56. The predicted octanol–water partition coefficient (Wildman–Crippen LogP) is 7.11. The highest BCUT2D eigenvalue weighted by Gasteiger charge is 2.50. The number of benzene rings is 1. The Morgan fingerprint density at radius 2 is 1.41 bits per heavy atom. The number of rotatable bonds is 5. The van der Waals surface area contributed by atoms with E-state index in [2.05, 4.69) is 32.6 Å². The molecule has 0 unspecified atom stereocenters. The number of allylic oxidation sites excluding steroid dienone is 4. The summed E-state index contributed by atoms with van der Waals surface area (Å²) in [5, 5.41) is 0. The topological polar surface area (TPSA) is 55.8 Å². The summed E-state index contributed by atoms with van der Waals surface area (Å²) in [6.07, 6.45) is 8.68. The minimum Gasteiger partial charge on any atom is -0.493 e. The van der Waals surface area contributed by atoms with Gasteiger partial charge < -0.3 is 14.4 Å². The lowest BCUT2D eigenvalue weighted by molar-refractivity contribution is -0.119. The molecule has 200 valence electrons. The van der Waals surface area contributed by atoms with E-state index in [9.17, 15) is 9.59 Å². The molecule has 1 heterocycles. The van der Waals surface area contributed by atoms with Crippen molar-refractivity contribution < 1.29 is 19.1 Å². The number of carbonyl (C=O) groups excluding carboxylic acids is 2. The molecule has 1 saturated carbocycles. The van der Waals surface area contributed by atoms with E-state index in [0.29, 0.717) is 37.0 Å². The van der Waals surface area contributed by atoms with Crippen LogP contribution in [0.3, 0.4) is 0 Å². The van der Waals surface area contributed by atoms with Gasteiger partial charge in [0.25, 0.3) is 0 Å². The van der Waals surface area contributed by atoms with Crippen molar-refractivity contribution in [3.8, 4) is 11.5 Å². The highest BCUT2D eigenvalue weighted by atomic mass is 16.5. The summed E-state index contributed by atoms with van der Waals surface area (Å²) in [5.41, 5.74) is 4.81. The minimum atomic E-state index is -0.345. The van der Waals surface area contributed by atoms with Crippen LogP contribution in [0.25, 0.3) is 0 Å². The number of ketones is 2. The Labute approximate surface area is 222 Å². The molecule has 0 bridgehead atoms. The second-order valence-electron chi connectivity index (χ2n) is 13.0. The molecule has 1 aliphatic heterocycles. The Bertz CT molecular complexity index is 1110. The molecule has 0 aromatic heterocycles. The third-order valence-corrected chi connectivity index (χ3v) is 8.71. The van der Waals surface area contributed by atoms with Gasteiger partial charge in [-0.05, 0) is 61.1 Å². The smallest absolute Gasteiger partial charge is 0.162 e. The molecule has 37 heavy (non-hydrogen) atoms. The summed E-state index contributed by atoms with van der Waals surface area (Å²) >= 11 is 0. The second-order valence-corrected chi connectivity index (χ2v) is 13.0. The van der Waals surface area contributed by atoms with E-state index in [0.717, 1.165) is 42.4 Å². The number of hydrogen-bond acceptors (Lipinski definition) is 5. The third kappa shape index (κ3) is 4.75. The van der Waals surface area contributed by atoms with Crippen LogP contribution in [-0.2, 0) is 9.59 Å². The number of carbonyl (C=O) groups is 2. The molecule has 0 N–H and O–H groups in total. The first-order chi connectivity index (χ1) is 17.5. The molecule has 1 fully saturated rings. The van der Waals surface area contributed by atoms with Crippen LogP contribution < -0.4 is 9.47 Å². The maximum atomic E-state index is 14.0. The van der Waals surface area contributed by atoms with Crippen molar-refractivity contribution in [3.05, 3.63) is 46.3 Å². The summed E-state index contributed by atoms with van der Waals surface area (Å²) in [6, 6.07) is 6.31. The monoisotopic (exact) mass is 505 g/mol. The van der Waals surface area contributed by atoms with Gasteiger partial charge in [0.2, 0.25) is 0 Å². The summed E-state index contributed by atoms with van der Waals surface area (Å²) in [7, 11) is 1.64. The van der Waals surface area contributed by atoms with Gasteiger partial charge in [0.05, 0.1) is 13.7 Å². The molecule has 5 nitrogen and oxygen atoms in total. The van der Waals surface area contributed by atoms with Gasteiger partial charge in [-0.3, -0.25) is 9.59 Å². The molecule has 5 heteroatoms. The second kappa shape index (κ2) is 9.63. The van der Waals surface area contributed by atoms with Crippen molar-refractivity contribution in [2.75, 3.05) is 13.7 Å². The van der Waals surface area contributed by atoms with E-state index in [1.807, 2.05) is 25.1 Å². The maximum Gasteiger partial charge on any atom is 0.162 e. The summed E-state index contributed by atoms with van der Waals surface area (Å²) in [6.45, 7) is 11.3. The maximum absolute atomic E-state index is 14.0. The minimum absolute atomic E-state index is 0.101. The van der Waals surface area contributed by atoms with Crippen molar-refractivity contribution in [1.82, 2.24) is 4.90 Å². The Balaban J connectivity index is 1.76. The fraction of sp³-hybridized carbons (Fsp3) is 0.625. The summed E-state index contributed by atoms with van der Waals surface area (Å²) < 4.78 is 11.5. The summed E-state index contributed by atoms with van der Waals surface area (Å²) in [4.78, 5) is 30.6. The molecule has 1 aromatic carbocycles. The number of methoxy groups -OCH3 is 1. The summed E-state index contributed by atoms with van der Waals surface area (Å²) in [5.74, 6) is 1.36. The average Bonchev–Trinajstić information content (AvgIpc) is 2.82. The molecule has 5 rings (SSSR count). The Morgan fingerprint density at radius 3 is 1.92 bits per heavy atom. The molecular weight excluding hydrogens is 462 g/mol. The SMILES string of the molecule is CCOc1cc(C2C3=C(CC(C)(C)CC3=O)N(C3CCCCC3)C3=C2C(=O)CC(C)(C)C3)ccc1OC. The van der Waals surface area contributed by atoms with Crippen LogP contribution in [0.2, 0.25) is 0 Å². The van der Waals surface area contributed by atoms with Gasteiger partial charge in [-0.2, -0.15) is 0 Å². The van der Waals surface area contributed by atoms with Gasteiger partial charge in [-0.15, -0.1) is 0 Å². The van der Waals surface area contributed by atoms with Crippen LogP contribution in [-0.4, -0.2) is 36.2 Å². The van der Waals surface area contributed by atoms with Gasteiger partial charge in [0, 0.05) is 47.3 Å². The van der Waals surface area contributed by atoms with E-state index in [1.165, 1.54) is 30.7 Å². The molecule has 0 atom stereocenters. The first kappa shape index (κ1) is 26.1. The molecule has 0 saturated heterocycles. The van der Waals surface area contributed by atoms with Gasteiger partial charge in [-0.25, -0.2) is 0 Å². The predicted molar refractivity (Wildman–Crippen MR) is 146 cm³/mol. The van der Waals surface area contributed by atoms with Crippen molar-refractivity contribution in [1.29, 1.82) is 0 Å². The zero-order chi connectivity index (χ0) is 26.5. The van der Waals surface area contributed by atoms with Crippen LogP contribution in [0.15, 0.2) is 40.7 Å². The lowest BCUT2D eigenvalue weighted by Crippen LogP contribution is -2.48. The highest BCUT2D eigenvalue weighted by molar-refractivity contribution is 6.06. The quantitative estimate of drug-likeness (QED) is 0.427. The van der Waals surface area contributed by atoms with Crippen LogP contribution >= 0.6 is 0 Å². The Kier molecular flexibility index (Phi) is 6.79. The van der Waals surface area contributed by atoms with E-state index in [4.69, 9.17) is 9.47 Å². The van der Waals surface area contributed by atoms with E-state index in [1.54, 1.807) is 7.11 Å². The van der Waals surface area contributed by atoms with Crippen molar-refractivity contribution in [2.24, 2.45) is 10.8 Å². The van der Waals surface area contributed by atoms with E-state index >= 15 is 0 Å². The molecule has 0 radical (unpaired) electrons. The average molecular weight is 506 g/mol. The molecule has 3 aliphatic carbocycles. The molecule has 4 aliphatic rings. The molecule has 0 amide bonds. The fourth-order valence-electron chi connectivity index (χ4n) is 7.25. The largest absolute Gasteiger partial charge is 0.493 e. The van der Waals surface area contributed by atoms with E-state index < -0.39 is 0 Å². The first-order valence-electron chi connectivity index (χ1n) is 14.2. The van der Waals surface area contributed by atoms with Crippen molar-refractivity contribution >= 4 is 11.6 Å². The van der Waals surface area contributed by atoms with Crippen molar-refractivity contribution in [3.63, 3.8) is 0 Å². The zero-order valence-corrected chi connectivity index (χ0v) is 23.5. The van der Waals surface area contributed by atoms with Crippen LogP contribution in [0.1, 0.15) is 104 Å². The van der Waals surface area contributed by atoms with Crippen molar-refractivity contribution in [2.45, 2.75) is 104 Å². The Morgan fingerprint density at radius 1 is 0.838 bits per heavy atom. The molecular formula is C32H43NO4. The van der Waals surface area contributed by atoms with Gasteiger partial charge in [0.15, 0.2) is 23.1 Å². The molecule has 0 spiro atoms. The number of ether oxygens (including phenoxy) is 2. The Hall–Kier alpha value is -2.56. The number of hydrogen-bond donors (Lipinski definition) is 0. The lowest BCUT2D eigenvalue weighted by atomic mass is 9.63. The first-order valence-corrected chi connectivity index (χ1v) is 14.2. The van der Waals surface area contributed by atoms with Crippen LogP contribution in [0.4, 0.5) is 0 Å². The zero-order valence-electron chi connectivity index (χ0n) is 23.5. The van der Waals surface area contributed by atoms with Crippen LogP contribution in [0.5, 0.6) is 11.5 Å². The van der Waals surface area contributed by atoms with Gasteiger partial charge in [-0.1, -0.05) is 53.0 Å². The molecule has 1 aromatic rings. The fourth-order valence-corrected chi connectivity index (χ4v) is 7.25. The van der Waals surface area contributed by atoms with Crippen LogP contribution in [0, 0.1) is 10.8 Å². The lowest BCUT2D eigenvalue weighted by Gasteiger charge is -2.52. The normalized spacial score (nSPS) is 24.2. The van der Waals surface area contributed by atoms with Gasteiger partial charge in [0.1, 0.15) is 0 Å².